The molecule has 0 spiro atoms. The monoisotopic (exact) mass is 306 g/mol. The van der Waals surface area contributed by atoms with Crippen molar-refractivity contribution in [1.29, 1.82) is 0 Å². The van der Waals surface area contributed by atoms with Crippen molar-refractivity contribution in [2.45, 2.75) is 33.6 Å². The highest BCUT2D eigenvalue weighted by Crippen LogP contribution is 2.39. The number of non-ortho nitro benzene ring substituents is 1. The van der Waals surface area contributed by atoms with Crippen LogP contribution >= 0.6 is 0 Å². The van der Waals surface area contributed by atoms with E-state index in [1.807, 2.05) is 0 Å². The average Bonchev–Trinajstić information content (AvgIpc) is 2.68. The molecule has 0 unspecified atom stereocenters. The molecule has 0 radical (unpaired) electrons. The van der Waals surface area contributed by atoms with E-state index in [4.69, 9.17) is 0 Å². The number of nitro groups is 2. The summed E-state index contributed by atoms with van der Waals surface area (Å²) in [6.07, 6.45) is 1.83. The van der Waals surface area contributed by atoms with E-state index >= 15 is 0 Å². The van der Waals surface area contributed by atoms with Crippen LogP contribution < -0.4 is 5.43 Å². The number of nitro benzene ring substituents is 2. The summed E-state index contributed by atoms with van der Waals surface area (Å²) in [4.78, 5) is 20.4. The van der Waals surface area contributed by atoms with Crippen LogP contribution in [0.3, 0.4) is 0 Å². The summed E-state index contributed by atoms with van der Waals surface area (Å²) >= 11 is 0. The fourth-order valence-corrected chi connectivity index (χ4v) is 2.84. The third-order valence-corrected chi connectivity index (χ3v) is 3.80. The number of hydrazone groups is 1. The molecule has 1 atom stereocenters. The molecule has 0 bridgehead atoms. The first-order valence-electron chi connectivity index (χ1n) is 6.95. The molecule has 1 N–H and O–H groups in total. The summed E-state index contributed by atoms with van der Waals surface area (Å²) in [6, 6.07) is 3.47. The smallest absolute Gasteiger partial charge is 0.272 e. The van der Waals surface area contributed by atoms with Gasteiger partial charge >= 0.3 is 5.69 Å². The second kappa shape index (κ2) is 5.70. The normalized spacial score (nSPS) is 21.8. The number of hydrogen-bond acceptors (Lipinski definition) is 6. The van der Waals surface area contributed by atoms with Gasteiger partial charge in [0.2, 0.25) is 0 Å². The van der Waals surface area contributed by atoms with Gasteiger partial charge in [-0.3, -0.25) is 25.7 Å². The maximum Gasteiger partial charge on any atom is 0.301 e. The predicted octanol–water partition coefficient (Wildman–Crippen LogP) is 3.73. The van der Waals surface area contributed by atoms with Gasteiger partial charge in [0.05, 0.1) is 15.9 Å². The Morgan fingerprint density at radius 3 is 2.45 bits per heavy atom. The first kappa shape index (κ1) is 15.9. The highest BCUT2D eigenvalue weighted by molar-refractivity contribution is 5.90. The van der Waals surface area contributed by atoms with Crippen molar-refractivity contribution in [1.82, 2.24) is 0 Å². The second-order valence-corrected chi connectivity index (χ2v) is 6.38. The van der Waals surface area contributed by atoms with Gasteiger partial charge in [-0.25, -0.2) is 0 Å². The van der Waals surface area contributed by atoms with Gasteiger partial charge < -0.3 is 0 Å². The largest absolute Gasteiger partial charge is 0.301 e. The molecule has 1 aromatic rings. The fourth-order valence-electron chi connectivity index (χ4n) is 2.84. The summed E-state index contributed by atoms with van der Waals surface area (Å²) in [5, 5.41) is 26.0. The zero-order chi connectivity index (χ0) is 16.5. The number of nitrogens with zero attached hydrogens (tertiary/aromatic N) is 3. The van der Waals surface area contributed by atoms with Gasteiger partial charge in [-0.15, -0.1) is 0 Å². The van der Waals surface area contributed by atoms with Crippen LogP contribution in [0.25, 0.3) is 0 Å². The van der Waals surface area contributed by atoms with Crippen LogP contribution in [0, 0.1) is 31.6 Å². The lowest BCUT2D eigenvalue weighted by molar-refractivity contribution is -0.393. The molecule has 1 fully saturated rings. The number of benzene rings is 1. The quantitative estimate of drug-likeness (QED) is 0.673. The number of hydrogen-bond donors (Lipinski definition) is 1. The van der Waals surface area contributed by atoms with E-state index in [1.54, 1.807) is 0 Å². The minimum Gasteiger partial charge on any atom is -0.272 e. The molecule has 22 heavy (non-hydrogen) atoms. The van der Waals surface area contributed by atoms with Crippen LogP contribution in [0.5, 0.6) is 0 Å². The van der Waals surface area contributed by atoms with Gasteiger partial charge in [0.1, 0.15) is 5.69 Å². The van der Waals surface area contributed by atoms with Crippen LogP contribution in [-0.4, -0.2) is 15.6 Å². The third-order valence-electron chi connectivity index (χ3n) is 3.80. The van der Waals surface area contributed by atoms with Gasteiger partial charge in [0.15, 0.2) is 0 Å². The maximum absolute atomic E-state index is 11.1. The van der Waals surface area contributed by atoms with Crippen LogP contribution in [0.1, 0.15) is 33.6 Å². The van der Waals surface area contributed by atoms with E-state index in [9.17, 15) is 20.2 Å². The van der Waals surface area contributed by atoms with Crippen LogP contribution in [0.15, 0.2) is 23.3 Å². The zero-order valence-electron chi connectivity index (χ0n) is 12.7. The molecule has 0 aliphatic heterocycles. The van der Waals surface area contributed by atoms with Gasteiger partial charge in [-0.05, 0) is 30.2 Å². The molecular formula is C14H18N4O4. The van der Waals surface area contributed by atoms with Crippen molar-refractivity contribution in [3.63, 3.8) is 0 Å². The minimum absolute atomic E-state index is 0.153. The summed E-state index contributed by atoms with van der Waals surface area (Å²) in [7, 11) is 0. The van der Waals surface area contributed by atoms with Crippen LogP contribution in [-0.2, 0) is 0 Å². The molecule has 8 heteroatoms. The summed E-state index contributed by atoms with van der Waals surface area (Å²) < 4.78 is 0. The van der Waals surface area contributed by atoms with E-state index in [-0.39, 0.29) is 22.5 Å². The van der Waals surface area contributed by atoms with E-state index in [2.05, 4.69) is 31.3 Å². The van der Waals surface area contributed by atoms with Crippen molar-refractivity contribution in [3.8, 4) is 0 Å². The third kappa shape index (κ3) is 3.38. The maximum atomic E-state index is 11.1. The lowest BCUT2D eigenvalue weighted by Gasteiger charge is -2.14. The molecule has 1 saturated carbocycles. The Hall–Kier alpha value is -2.51. The van der Waals surface area contributed by atoms with Gasteiger partial charge in [0.25, 0.3) is 5.69 Å². The lowest BCUT2D eigenvalue weighted by atomic mass is 9.91. The topological polar surface area (TPSA) is 111 Å². The molecule has 0 heterocycles. The Morgan fingerprint density at radius 1 is 1.27 bits per heavy atom. The van der Waals surface area contributed by atoms with E-state index < -0.39 is 9.85 Å². The number of anilines is 1. The summed E-state index contributed by atoms with van der Waals surface area (Å²) in [6.45, 7) is 6.38. The minimum atomic E-state index is -0.662. The number of nitrogens with one attached hydrogen (secondary N) is 1. The molecule has 1 aliphatic rings. The van der Waals surface area contributed by atoms with Crippen molar-refractivity contribution >= 4 is 22.8 Å². The molecule has 2 rings (SSSR count). The highest BCUT2D eigenvalue weighted by atomic mass is 16.6. The Morgan fingerprint density at radius 2 is 1.95 bits per heavy atom. The van der Waals surface area contributed by atoms with E-state index in [0.29, 0.717) is 5.92 Å². The van der Waals surface area contributed by atoms with E-state index in [0.717, 1.165) is 24.6 Å². The molecule has 1 aliphatic carbocycles. The van der Waals surface area contributed by atoms with Crippen LogP contribution in [0.2, 0.25) is 0 Å². The van der Waals surface area contributed by atoms with Crippen molar-refractivity contribution in [2.24, 2.45) is 16.4 Å². The molecule has 1 aromatic carbocycles. The summed E-state index contributed by atoms with van der Waals surface area (Å²) in [5.74, 6) is 0.305. The lowest BCUT2D eigenvalue weighted by Crippen LogP contribution is -2.07. The standard InChI is InChI=1S/C14H18N4O4/c1-9-7-14(2,3)8-12(9)16-15-11-5-4-10(17(19)20)6-13(11)18(21)22/h4-6,9,15H,7-8H2,1-3H3/t9-/m0/s1. The van der Waals surface area contributed by atoms with Crippen molar-refractivity contribution in [3.05, 3.63) is 38.4 Å². The fraction of sp³-hybridized carbons (Fsp3) is 0.500. The second-order valence-electron chi connectivity index (χ2n) is 6.38. The van der Waals surface area contributed by atoms with Crippen LogP contribution in [0.4, 0.5) is 17.1 Å². The molecular weight excluding hydrogens is 288 g/mol. The first-order chi connectivity index (χ1) is 10.2. The Kier molecular flexibility index (Phi) is 4.11. The zero-order valence-corrected chi connectivity index (χ0v) is 12.7. The molecule has 0 amide bonds. The van der Waals surface area contributed by atoms with Crippen molar-refractivity contribution < 1.29 is 9.85 Å². The van der Waals surface area contributed by atoms with E-state index in [1.165, 1.54) is 12.1 Å². The van der Waals surface area contributed by atoms with Gasteiger partial charge in [0, 0.05) is 11.8 Å². The first-order valence-corrected chi connectivity index (χ1v) is 6.95. The molecule has 8 nitrogen and oxygen atoms in total. The van der Waals surface area contributed by atoms with Crippen molar-refractivity contribution in [2.75, 3.05) is 5.43 Å². The highest BCUT2D eigenvalue weighted by Gasteiger charge is 2.33. The average molecular weight is 306 g/mol. The Labute approximate surface area is 127 Å². The Balaban J connectivity index is 2.27. The van der Waals surface area contributed by atoms with Gasteiger partial charge in [-0.2, -0.15) is 5.10 Å². The number of rotatable bonds is 4. The van der Waals surface area contributed by atoms with Gasteiger partial charge in [-0.1, -0.05) is 20.8 Å². The SMILES string of the molecule is C[C@H]1CC(C)(C)CC1=NNc1ccc([N+](=O)[O-])cc1[N+](=O)[O-]. The molecule has 118 valence electrons. The molecule has 0 aromatic heterocycles. The predicted molar refractivity (Wildman–Crippen MR) is 83.0 cm³/mol. The summed E-state index contributed by atoms with van der Waals surface area (Å²) in [5.41, 5.74) is 3.29. The Bertz CT molecular complexity index is 654. The molecule has 0 saturated heterocycles.